The summed E-state index contributed by atoms with van der Waals surface area (Å²) < 4.78 is 0. The van der Waals surface area contributed by atoms with Crippen LogP contribution in [0.3, 0.4) is 0 Å². The van der Waals surface area contributed by atoms with Crippen molar-refractivity contribution < 1.29 is 14.8 Å². The van der Waals surface area contributed by atoms with Crippen LogP contribution >= 0.6 is 11.6 Å². The number of nitro benzene ring substituents is 1. The first kappa shape index (κ1) is 11.3. The van der Waals surface area contributed by atoms with Crippen molar-refractivity contribution in [3.63, 3.8) is 0 Å². The molecule has 0 aliphatic rings. The van der Waals surface area contributed by atoms with E-state index in [1.165, 1.54) is 0 Å². The van der Waals surface area contributed by atoms with Gasteiger partial charge < -0.3 is 10.8 Å². The highest BCUT2D eigenvalue weighted by Gasteiger charge is 2.24. The summed E-state index contributed by atoms with van der Waals surface area (Å²) in [7, 11) is 0. The van der Waals surface area contributed by atoms with E-state index in [9.17, 15) is 20.0 Å². The lowest BCUT2D eigenvalue weighted by Gasteiger charge is -2.04. The first-order valence-corrected chi connectivity index (χ1v) is 4.37. The first-order valence-electron chi connectivity index (χ1n) is 3.83. The summed E-state index contributed by atoms with van der Waals surface area (Å²) in [5.41, 5.74) is 4.35. The molecule has 0 unspecified atom stereocenters. The van der Waals surface area contributed by atoms with Gasteiger partial charge in [0.05, 0.1) is 10.8 Å². The third-order valence-electron chi connectivity index (χ3n) is 1.72. The van der Waals surface area contributed by atoms with Gasteiger partial charge in [-0.3, -0.25) is 14.9 Å². The largest absolute Gasteiger partial charge is 0.507 e. The van der Waals surface area contributed by atoms with Gasteiger partial charge in [0.2, 0.25) is 0 Å². The van der Waals surface area contributed by atoms with Crippen LogP contribution in [0.4, 0.5) is 11.4 Å². The van der Waals surface area contributed by atoms with Crippen molar-refractivity contribution in [2.45, 2.75) is 0 Å². The summed E-state index contributed by atoms with van der Waals surface area (Å²) in [6.07, 6.45) is 0. The average molecular weight is 231 g/mol. The molecule has 0 radical (unpaired) electrons. The summed E-state index contributed by atoms with van der Waals surface area (Å²) >= 11 is 5.26. The van der Waals surface area contributed by atoms with Crippen LogP contribution in [0.2, 0.25) is 0 Å². The summed E-state index contributed by atoms with van der Waals surface area (Å²) in [6, 6.07) is 2.06. The van der Waals surface area contributed by atoms with Crippen LogP contribution in [0.5, 0.6) is 5.75 Å². The number of Topliss-reactive ketones (excluding diaryl/α,β-unsaturated/α-hetero) is 1. The number of nitrogen functional groups attached to an aromatic ring is 1. The van der Waals surface area contributed by atoms with Gasteiger partial charge in [0, 0.05) is 17.8 Å². The average Bonchev–Trinajstić information content (AvgIpc) is 2.15. The molecule has 1 aromatic carbocycles. The summed E-state index contributed by atoms with van der Waals surface area (Å²) in [5.74, 6) is -1.70. The Bertz CT molecular complexity index is 433. The minimum Gasteiger partial charge on any atom is -0.507 e. The Morgan fingerprint density at radius 3 is 2.67 bits per heavy atom. The fourth-order valence-electron chi connectivity index (χ4n) is 1.13. The van der Waals surface area contributed by atoms with Gasteiger partial charge in [0.25, 0.3) is 5.69 Å². The molecule has 0 saturated heterocycles. The minimum absolute atomic E-state index is 0.00493. The zero-order chi connectivity index (χ0) is 11.6. The van der Waals surface area contributed by atoms with Gasteiger partial charge in [-0.15, -0.1) is 11.6 Å². The number of halogens is 1. The number of benzene rings is 1. The van der Waals surface area contributed by atoms with Crippen molar-refractivity contribution in [1.29, 1.82) is 0 Å². The van der Waals surface area contributed by atoms with Crippen molar-refractivity contribution in [3.8, 4) is 5.75 Å². The van der Waals surface area contributed by atoms with Crippen LogP contribution in [0.1, 0.15) is 10.4 Å². The van der Waals surface area contributed by atoms with Crippen molar-refractivity contribution >= 4 is 28.8 Å². The fraction of sp³-hybridized carbons (Fsp3) is 0.125. The van der Waals surface area contributed by atoms with E-state index in [4.69, 9.17) is 17.3 Å². The van der Waals surface area contributed by atoms with Gasteiger partial charge in [0.1, 0.15) is 11.3 Å². The molecule has 1 rings (SSSR count). The summed E-state index contributed by atoms with van der Waals surface area (Å²) in [4.78, 5) is 21.0. The maximum absolute atomic E-state index is 11.2. The predicted molar refractivity (Wildman–Crippen MR) is 54.2 cm³/mol. The van der Waals surface area contributed by atoms with Gasteiger partial charge in [-0.05, 0) is 0 Å². The van der Waals surface area contributed by atoms with E-state index in [2.05, 4.69) is 0 Å². The number of hydrogen-bond donors (Lipinski definition) is 2. The number of carbonyl (C=O) groups excluding carboxylic acids is 1. The van der Waals surface area contributed by atoms with Crippen LogP contribution in [0.15, 0.2) is 12.1 Å². The normalized spacial score (nSPS) is 9.93. The van der Waals surface area contributed by atoms with Gasteiger partial charge in [-0.25, -0.2) is 0 Å². The topological polar surface area (TPSA) is 106 Å². The monoisotopic (exact) mass is 230 g/mol. The molecular weight excluding hydrogens is 224 g/mol. The molecule has 3 N–H and O–H groups in total. The highest BCUT2D eigenvalue weighted by atomic mass is 35.5. The maximum Gasteiger partial charge on any atom is 0.286 e. The molecule has 0 heterocycles. The number of rotatable bonds is 3. The standard InChI is InChI=1S/C8H7ClN2O4/c9-3-7(13)8-5(11(14)15)1-4(10)2-6(8)12/h1-2,12H,3,10H2. The molecule has 7 heteroatoms. The molecule has 6 nitrogen and oxygen atoms in total. The second-order valence-corrected chi connectivity index (χ2v) is 3.02. The van der Waals surface area contributed by atoms with Gasteiger partial charge >= 0.3 is 0 Å². The Hall–Kier alpha value is -1.82. The zero-order valence-corrected chi connectivity index (χ0v) is 8.19. The molecule has 1 aromatic rings. The van der Waals surface area contributed by atoms with Crippen molar-refractivity contribution in [2.75, 3.05) is 11.6 Å². The zero-order valence-electron chi connectivity index (χ0n) is 7.44. The molecule has 0 spiro atoms. The summed E-state index contributed by atoms with van der Waals surface area (Å²) in [5, 5.41) is 19.9. The number of phenolic OH excluding ortho intramolecular Hbond substituents is 1. The second kappa shape index (κ2) is 4.14. The Kier molecular flexibility index (Phi) is 3.11. The number of nitro groups is 1. The lowest BCUT2D eigenvalue weighted by Crippen LogP contribution is -2.06. The number of alkyl halides is 1. The molecule has 0 bridgehead atoms. The third-order valence-corrected chi connectivity index (χ3v) is 1.96. The first-order chi connectivity index (χ1) is 6.97. The Balaban J connectivity index is 3.46. The Labute approximate surface area is 89.4 Å². The SMILES string of the molecule is Nc1cc(O)c(C(=O)CCl)c([N+](=O)[O-])c1. The van der Waals surface area contributed by atoms with Crippen molar-refractivity contribution in [1.82, 2.24) is 0 Å². The van der Waals surface area contributed by atoms with Crippen LogP contribution in [-0.2, 0) is 0 Å². The van der Waals surface area contributed by atoms with Crippen LogP contribution in [0, 0.1) is 10.1 Å². The number of carbonyl (C=O) groups is 1. The number of anilines is 1. The second-order valence-electron chi connectivity index (χ2n) is 2.75. The molecule has 80 valence electrons. The number of aromatic hydroxyl groups is 1. The van der Waals surface area contributed by atoms with Crippen molar-refractivity contribution in [3.05, 3.63) is 27.8 Å². The lowest BCUT2D eigenvalue weighted by molar-refractivity contribution is -0.385. The van der Waals surface area contributed by atoms with E-state index in [0.717, 1.165) is 12.1 Å². The molecule has 0 aromatic heterocycles. The van der Waals surface area contributed by atoms with E-state index in [-0.39, 0.29) is 5.69 Å². The fourth-order valence-corrected chi connectivity index (χ4v) is 1.26. The minimum atomic E-state index is -0.796. The lowest BCUT2D eigenvalue weighted by atomic mass is 10.1. The molecular formula is C8H7ClN2O4. The van der Waals surface area contributed by atoms with Crippen molar-refractivity contribution in [2.24, 2.45) is 0 Å². The Morgan fingerprint density at radius 1 is 1.60 bits per heavy atom. The number of hydrogen-bond acceptors (Lipinski definition) is 5. The van der Waals surface area contributed by atoms with Crippen LogP contribution in [-0.4, -0.2) is 21.7 Å². The van der Waals surface area contributed by atoms with Crippen LogP contribution < -0.4 is 5.73 Å². The molecule has 0 aliphatic carbocycles. The number of nitrogens with zero attached hydrogens (tertiary/aromatic N) is 1. The molecule has 0 saturated carbocycles. The quantitative estimate of drug-likeness (QED) is 0.268. The van der Waals surface area contributed by atoms with E-state index >= 15 is 0 Å². The smallest absolute Gasteiger partial charge is 0.286 e. The third kappa shape index (κ3) is 2.16. The number of phenols is 1. The molecule has 0 amide bonds. The predicted octanol–water partition coefficient (Wildman–Crippen LogP) is 1.30. The van der Waals surface area contributed by atoms with Gasteiger partial charge in [0.15, 0.2) is 5.78 Å². The number of ketones is 1. The molecule has 0 fully saturated rings. The maximum atomic E-state index is 11.2. The van der Waals surface area contributed by atoms with Gasteiger partial charge in [-0.2, -0.15) is 0 Å². The molecule has 0 atom stereocenters. The molecule has 0 aliphatic heterocycles. The van der Waals surface area contributed by atoms with Crippen LogP contribution in [0.25, 0.3) is 0 Å². The summed E-state index contributed by atoms with van der Waals surface area (Å²) in [6.45, 7) is 0. The van der Waals surface area contributed by atoms with Gasteiger partial charge in [-0.1, -0.05) is 0 Å². The van der Waals surface area contributed by atoms with E-state index in [0.29, 0.717) is 0 Å². The Morgan fingerprint density at radius 2 is 2.20 bits per heavy atom. The van der Waals surface area contributed by atoms with E-state index < -0.39 is 33.6 Å². The number of nitrogens with two attached hydrogens (primary N) is 1. The molecule has 15 heavy (non-hydrogen) atoms. The highest BCUT2D eigenvalue weighted by molar-refractivity contribution is 6.31. The van der Waals surface area contributed by atoms with E-state index in [1.807, 2.05) is 0 Å². The van der Waals surface area contributed by atoms with E-state index in [1.54, 1.807) is 0 Å². The highest BCUT2D eigenvalue weighted by Crippen LogP contribution is 2.31.